The zero-order valence-corrected chi connectivity index (χ0v) is 18.0. The molecule has 0 aliphatic rings. The zero-order valence-electron chi connectivity index (χ0n) is 18.0. The number of carboxylic acids is 2. The first-order valence-corrected chi connectivity index (χ1v) is 10.6. The average molecular weight is 373 g/mol. The molecule has 0 aliphatic heterocycles. The lowest BCUT2D eigenvalue weighted by molar-refractivity contribution is -0.146. The first-order chi connectivity index (χ1) is 12.1. The van der Waals surface area contributed by atoms with E-state index in [9.17, 15) is 9.59 Å². The molecule has 0 aromatic carbocycles. The van der Waals surface area contributed by atoms with Gasteiger partial charge < -0.3 is 10.2 Å². The molecule has 26 heavy (non-hydrogen) atoms. The van der Waals surface area contributed by atoms with Crippen LogP contribution in [0.2, 0.25) is 0 Å². The Morgan fingerprint density at radius 3 is 1.31 bits per heavy atom. The molecule has 0 bridgehead atoms. The van der Waals surface area contributed by atoms with Crippen molar-refractivity contribution in [3.63, 3.8) is 0 Å². The van der Waals surface area contributed by atoms with Crippen LogP contribution in [0.3, 0.4) is 0 Å². The van der Waals surface area contributed by atoms with Crippen LogP contribution in [0.1, 0.15) is 118 Å². The molecule has 0 heterocycles. The van der Waals surface area contributed by atoms with Gasteiger partial charge in [-0.05, 0) is 27.2 Å². The summed E-state index contributed by atoms with van der Waals surface area (Å²) in [6, 6.07) is 0. The fraction of sp³-hybridized carbons (Fsp3) is 0.909. The van der Waals surface area contributed by atoms with E-state index in [4.69, 9.17) is 10.2 Å². The second kappa shape index (κ2) is 17.4. The van der Waals surface area contributed by atoms with Crippen LogP contribution in [-0.4, -0.2) is 22.2 Å². The third kappa shape index (κ3) is 21.0. The molecule has 0 saturated carbocycles. The Morgan fingerprint density at radius 2 is 1.04 bits per heavy atom. The Hall–Kier alpha value is -1.06. The highest BCUT2D eigenvalue weighted by atomic mass is 16.4. The summed E-state index contributed by atoms with van der Waals surface area (Å²) in [7, 11) is 0. The molecule has 0 aliphatic carbocycles. The molecule has 0 amide bonds. The Bertz CT molecular complexity index is 345. The van der Waals surface area contributed by atoms with Crippen molar-refractivity contribution in [1.29, 1.82) is 0 Å². The van der Waals surface area contributed by atoms with Crippen molar-refractivity contribution in [3.8, 4) is 0 Å². The SMILES string of the molecule is CC(C)(C)C(=O)O.CCCCCCCCCCCCCCC(C)C(=O)O. The molecular formula is C22H44O4. The van der Waals surface area contributed by atoms with Crippen LogP contribution in [-0.2, 0) is 9.59 Å². The van der Waals surface area contributed by atoms with E-state index in [0.717, 1.165) is 12.8 Å². The van der Waals surface area contributed by atoms with Gasteiger partial charge in [-0.3, -0.25) is 9.59 Å². The summed E-state index contributed by atoms with van der Waals surface area (Å²) < 4.78 is 0. The number of rotatable bonds is 14. The van der Waals surface area contributed by atoms with Gasteiger partial charge in [0.2, 0.25) is 0 Å². The molecule has 0 aromatic rings. The van der Waals surface area contributed by atoms with Crippen molar-refractivity contribution in [2.75, 3.05) is 0 Å². The van der Waals surface area contributed by atoms with Crippen molar-refractivity contribution in [1.82, 2.24) is 0 Å². The summed E-state index contributed by atoms with van der Waals surface area (Å²) in [6.45, 7) is 9.05. The molecule has 156 valence electrons. The van der Waals surface area contributed by atoms with Crippen LogP contribution in [0.25, 0.3) is 0 Å². The van der Waals surface area contributed by atoms with Crippen molar-refractivity contribution in [3.05, 3.63) is 0 Å². The molecule has 0 rings (SSSR count). The fourth-order valence-electron chi connectivity index (χ4n) is 2.41. The van der Waals surface area contributed by atoms with E-state index in [-0.39, 0.29) is 5.92 Å². The molecular weight excluding hydrogens is 328 g/mol. The summed E-state index contributed by atoms with van der Waals surface area (Å²) in [4.78, 5) is 20.7. The van der Waals surface area contributed by atoms with Gasteiger partial charge in [0, 0.05) is 0 Å². The third-order valence-electron chi connectivity index (χ3n) is 4.55. The lowest BCUT2D eigenvalue weighted by Gasteiger charge is -2.08. The third-order valence-corrected chi connectivity index (χ3v) is 4.55. The van der Waals surface area contributed by atoms with Crippen LogP contribution in [0, 0.1) is 11.3 Å². The van der Waals surface area contributed by atoms with E-state index in [2.05, 4.69) is 6.92 Å². The highest BCUT2D eigenvalue weighted by Gasteiger charge is 2.18. The average Bonchev–Trinajstić information content (AvgIpc) is 2.55. The van der Waals surface area contributed by atoms with Crippen LogP contribution in [0.15, 0.2) is 0 Å². The molecule has 0 fully saturated rings. The minimum atomic E-state index is -0.757. The Labute approximate surface area is 161 Å². The van der Waals surface area contributed by atoms with E-state index in [1.807, 2.05) is 0 Å². The van der Waals surface area contributed by atoms with E-state index in [1.165, 1.54) is 70.6 Å². The Balaban J connectivity index is 0. The van der Waals surface area contributed by atoms with Crippen LogP contribution >= 0.6 is 0 Å². The predicted molar refractivity (Wildman–Crippen MR) is 110 cm³/mol. The molecule has 0 saturated heterocycles. The maximum atomic E-state index is 10.6. The smallest absolute Gasteiger partial charge is 0.308 e. The maximum absolute atomic E-state index is 10.6. The second-order valence-corrected chi connectivity index (χ2v) is 8.47. The van der Waals surface area contributed by atoms with Gasteiger partial charge in [-0.2, -0.15) is 0 Å². The number of hydrogen-bond acceptors (Lipinski definition) is 2. The molecule has 1 unspecified atom stereocenters. The van der Waals surface area contributed by atoms with Gasteiger partial charge in [-0.25, -0.2) is 0 Å². The van der Waals surface area contributed by atoms with Gasteiger partial charge in [0.05, 0.1) is 11.3 Å². The van der Waals surface area contributed by atoms with E-state index >= 15 is 0 Å². The largest absolute Gasteiger partial charge is 0.481 e. The lowest BCUT2D eigenvalue weighted by atomic mass is 9.98. The first-order valence-electron chi connectivity index (χ1n) is 10.6. The van der Waals surface area contributed by atoms with Crippen LogP contribution < -0.4 is 0 Å². The quantitative estimate of drug-likeness (QED) is 0.325. The summed E-state index contributed by atoms with van der Waals surface area (Å²) in [5, 5.41) is 17.0. The van der Waals surface area contributed by atoms with Gasteiger partial charge in [-0.15, -0.1) is 0 Å². The van der Waals surface area contributed by atoms with Crippen molar-refractivity contribution in [2.24, 2.45) is 11.3 Å². The monoisotopic (exact) mass is 372 g/mol. The van der Waals surface area contributed by atoms with Crippen molar-refractivity contribution >= 4 is 11.9 Å². The van der Waals surface area contributed by atoms with Gasteiger partial charge in [0.1, 0.15) is 0 Å². The Morgan fingerprint density at radius 1 is 0.731 bits per heavy atom. The molecule has 0 spiro atoms. The number of carbonyl (C=O) groups is 2. The summed E-state index contributed by atoms with van der Waals surface area (Å²) >= 11 is 0. The van der Waals surface area contributed by atoms with E-state index in [0.29, 0.717) is 0 Å². The fourth-order valence-corrected chi connectivity index (χ4v) is 2.41. The van der Waals surface area contributed by atoms with Crippen LogP contribution in [0.5, 0.6) is 0 Å². The molecule has 4 heteroatoms. The highest BCUT2D eigenvalue weighted by Crippen LogP contribution is 2.14. The van der Waals surface area contributed by atoms with Gasteiger partial charge in [0.15, 0.2) is 0 Å². The van der Waals surface area contributed by atoms with Gasteiger partial charge in [-0.1, -0.05) is 90.9 Å². The maximum Gasteiger partial charge on any atom is 0.308 e. The van der Waals surface area contributed by atoms with Crippen LogP contribution in [0.4, 0.5) is 0 Å². The minimum Gasteiger partial charge on any atom is -0.481 e. The minimum absolute atomic E-state index is 0.164. The number of hydrogen-bond donors (Lipinski definition) is 2. The molecule has 1 atom stereocenters. The molecule has 4 nitrogen and oxygen atoms in total. The predicted octanol–water partition coefficient (Wildman–Crippen LogP) is 6.92. The van der Waals surface area contributed by atoms with Crippen molar-refractivity contribution in [2.45, 2.75) is 118 Å². The molecule has 0 radical (unpaired) electrons. The topological polar surface area (TPSA) is 74.6 Å². The van der Waals surface area contributed by atoms with Gasteiger partial charge >= 0.3 is 11.9 Å². The summed E-state index contributed by atoms with van der Waals surface area (Å²) in [5.41, 5.74) is -0.583. The number of aliphatic carboxylic acids is 2. The Kier molecular flexibility index (Phi) is 18.1. The lowest BCUT2D eigenvalue weighted by Crippen LogP contribution is -2.18. The molecule has 0 aromatic heterocycles. The number of carboxylic acid groups (broad SMARTS) is 2. The van der Waals surface area contributed by atoms with Gasteiger partial charge in [0.25, 0.3) is 0 Å². The zero-order chi connectivity index (χ0) is 20.4. The standard InChI is InChI=1S/C17H34O2.C5H10O2/c1-3-4-5-6-7-8-9-10-11-12-13-14-15-16(2)17(18)19;1-5(2,3)4(6)7/h16H,3-15H2,1-2H3,(H,18,19);1-3H3,(H,6,7). The molecule has 2 N–H and O–H groups in total. The van der Waals surface area contributed by atoms with E-state index < -0.39 is 17.4 Å². The summed E-state index contributed by atoms with van der Waals surface area (Å²) in [6.07, 6.45) is 16.9. The summed E-state index contributed by atoms with van der Waals surface area (Å²) in [5.74, 6) is -1.57. The second-order valence-electron chi connectivity index (χ2n) is 8.47. The first kappa shape index (κ1) is 27.2. The van der Waals surface area contributed by atoms with Crippen molar-refractivity contribution < 1.29 is 19.8 Å². The normalized spacial score (nSPS) is 12.2. The highest BCUT2D eigenvalue weighted by molar-refractivity contribution is 5.72. The van der Waals surface area contributed by atoms with E-state index in [1.54, 1.807) is 27.7 Å². The number of unbranched alkanes of at least 4 members (excludes halogenated alkanes) is 11.